The number of carbonyl (C=O) groups excluding carboxylic acids is 2. The van der Waals surface area contributed by atoms with Crippen LogP contribution in [0.15, 0.2) is 52.9 Å². The van der Waals surface area contributed by atoms with E-state index in [1.165, 1.54) is 22.9 Å². The summed E-state index contributed by atoms with van der Waals surface area (Å²) < 4.78 is 7.04. The molecular formula is C21H20N2O3S2. The monoisotopic (exact) mass is 412 g/mol. The summed E-state index contributed by atoms with van der Waals surface area (Å²) in [6.45, 7) is -0.252. The van der Waals surface area contributed by atoms with Crippen LogP contribution in [0.5, 0.6) is 0 Å². The molecule has 0 saturated heterocycles. The number of fused-ring (bicyclic) bond motifs is 2. The van der Waals surface area contributed by atoms with Crippen LogP contribution in [-0.4, -0.2) is 29.2 Å². The molecule has 0 bridgehead atoms. The summed E-state index contributed by atoms with van der Waals surface area (Å²) in [5.74, 6) is -0.539. The number of ether oxygens (including phenoxy) is 1. The van der Waals surface area contributed by atoms with Crippen molar-refractivity contribution < 1.29 is 14.3 Å². The fourth-order valence-electron chi connectivity index (χ4n) is 3.36. The third-order valence-corrected chi connectivity index (χ3v) is 6.81. The smallest absolute Gasteiger partial charge is 0.316 e. The van der Waals surface area contributed by atoms with Crippen LogP contribution in [0.4, 0.5) is 0 Å². The molecule has 0 fully saturated rings. The quantitative estimate of drug-likeness (QED) is 0.487. The number of esters is 1. The molecule has 1 amide bonds. The molecular weight excluding hydrogens is 392 g/mol. The zero-order valence-corrected chi connectivity index (χ0v) is 16.9. The second-order valence-electron chi connectivity index (χ2n) is 6.61. The number of aryl methyl sites for hydroxylation is 1. The average Bonchev–Trinajstić information content (AvgIpc) is 3.14. The standard InChI is InChI=1S/C21H20N2O3S2/c24-19(22-16-10-5-7-14-6-1-2-8-15(14)16)12-26-20(25)13-27-21-23-17-9-3-4-11-18(17)28-21/h1-4,6,8-9,11,16H,5,7,10,12-13H2,(H,22,24)/t16-/m1/s1. The molecule has 0 spiro atoms. The Labute approximate surface area is 171 Å². The van der Waals surface area contributed by atoms with Crippen LogP contribution in [0.2, 0.25) is 0 Å². The molecule has 3 aromatic rings. The predicted octanol–water partition coefficient (Wildman–Crippen LogP) is 4.13. The van der Waals surface area contributed by atoms with Crippen molar-refractivity contribution in [3.05, 3.63) is 59.7 Å². The maximum atomic E-state index is 12.2. The Morgan fingerprint density at radius 3 is 2.89 bits per heavy atom. The number of para-hydroxylation sites is 1. The molecule has 28 heavy (non-hydrogen) atoms. The average molecular weight is 413 g/mol. The Morgan fingerprint density at radius 1 is 1.18 bits per heavy atom. The maximum absolute atomic E-state index is 12.2. The van der Waals surface area contributed by atoms with Crippen LogP contribution in [0.3, 0.4) is 0 Å². The summed E-state index contributed by atoms with van der Waals surface area (Å²) in [5.41, 5.74) is 3.37. The number of benzene rings is 2. The minimum Gasteiger partial charge on any atom is -0.455 e. The number of aromatic nitrogens is 1. The normalized spacial score (nSPS) is 15.8. The minimum atomic E-state index is -0.413. The van der Waals surface area contributed by atoms with E-state index in [2.05, 4.69) is 22.4 Å². The van der Waals surface area contributed by atoms with Gasteiger partial charge in [0.15, 0.2) is 10.9 Å². The van der Waals surface area contributed by atoms with Crippen LogP contribution in [-0.2, 0) is 20.7 Å². The number of carbonyl (C=O) groups is 2. The third-order valence-electron chi connectivity index (χ3n) is 4.66. The molecule has 0 radical (unpaired) electrons. The number of nitrogens with one attached hydrogen (secondary N) is 1. The van der Waals surface area contributed by atoms with E-state index in [0.29, 0.717) is 0 Å². The highest BCUT2D eigenvalue weighted by Crippen LogP contribution is 2.30. The van der Waals surface area contributed by atoms with Crippen LogP contribution >= 0.6 is 23.1 Å². The molecule has 1 aliphatic carbocycles. The molecule has 7 heteroatoms. The van der Waals surface area contributed by atoms with Crippen LogP contribution in [0.1, 0.15) is 30.0 Å². The van der Waals surface area contributed by atoms with E-state index >= 15 is 0 Å². The SMILES string of the molecule is O=C(COC(=O)CSc1nc2ccccc2s1)N[C@@H]1CCCc2ccccc21. The lowest BCUT2D eigenvalue weighted by Gasteiger charge is -2.26. The fourth-order valence-corrected chi connectivity index (χ4v) is 5.23. The molecule has 4 rings (SSSR count). The van der Waals surface area contributed by atoms with Gasteiger partial charge in [-0.15, -0.1) is 11.3 Å². The molecule has 1 heterocycles. The van der Waals surface area contributed by atoms with E-state index in [9.17, 15) is 9.59 Å². The molecule has 1 atom stereocenters. The van der Waals surface area contributed by atoms with Crippen LogP contribution < -0.4 is 5.32 Å². The van der Waals surface area contributed by atoms with Gasteiger partial charge < -0.3 is 10.1 Å². The number of rotatable bonds is 6. The third kappa shape index (κ3) is 4.54. The van der Waals surface area contributed by atoms with E-state index in [1.807, 2.05) is 36.4 Å². The second kappa shape index (κ2) is 8.75. The van der Waals surface area contributed by atoms with Crippen LogP contribution in [0.25, 0.3) is 10.2 Å². The van der Waals surface area contributed by atoms with Crippen molar-refractivity contribution in [2.75, 3.05) is 12.4 Å². The summed E-state index contributed by atoms with van der Waals surface area (Å²) in [5, 5.41) is 2.99. The van der Waals surface area contributed by atoms with Gasteiger partial charge in [0, 0.05) is 0 Å². The Balaban J connectivity index is 1.24. The van der Waals surface area contributed by atoms with Crippen molar-refractivity contribution in [2.24, 2.45) is 0 Å². The Kier molecular flexibility index (Phi) is 5.92. The number of thioether (sulfide) groups is 1. The fraction of sp³-hybridized carbons (Fsp3) is 0.286. The maximum Gasteiger partial charge on any atom is 0.316 e. The van der Waals surface area contributed by atoms with Gasteiger partial charge >= 0.3 is 5.97 Å². The van der Waals surface area contributed by atoms with Crippen molar-refractivity contribution in [3.8, 4) is 0 Å². The molecule has 2 aromatic carbocycles. The summed E-state index contributed by atoms with van der Waals surface area (Å²) >= 11 is 2.88. The first-order valence-corrected chi connectivity index (χ1v) is 11.0. The van der Waals surface area contributed by atoms with Gasteiger partial charge in [-0.3, -0.25) is 9.59 Å². The van der Waals surface area contributed by atoms with Gasteiger partial charge in [0.2, 0.25) is 0 Å². The number of hydrogen-bond donors (Lipinski definition) is 1. The first-order valence-electron chi connectivity index (χ1n) is 9.20. The van der Waals surface area contributed by atoms with Gasteiger partial charge in [-0.25, -0.2) is 4.98 Å². The first kappa shape index (κ1) is 19.0. The van der Waals surface area contributed by atoms with Gasteiger partial charge in [0.1, 0.15) is 0 Å². The van der Waals surface area contributed by atoms with Crippen molar-refractivity contribution >= 4 is 45.2 Å². The summed E-state index contributed by atoms with van der Waals surface area (Å²) in [6, 6.07) is 16.0. The van der Waals surface area contributed by atoms with Crippen molar-refractivity contribution in [1.82, 2.24) is 10.3 Å². The lowest BCUT2D eigenvalue weighted by Crippen LogP contribution is -2.34. The molecule has 5 nitrogen and oxygen atoms in total. The molecule has 0 unspecified atom stereocenters. The van der Waals surface area contributed by atoms with Gasteiger partial charge in [-0.2, -0.15) is 0 Å². The minimum absolute atomic E-state index is 0.00623. The number of nitrogens with zero attached hydrogens (tertiary/aromatic N) is 1. The molecule has 1 aromatic heterocycles. The number of thiazole rings is 1. The van der Waals surface area contributed by atoms with E-state index in [4.69, 9.17) is 4.74 Å². The predicted molar refractivity (Wildman–Crippen MR) is 112 cm³/mol. The Bertz CT molecular complexity index is 969. The topological polar surface area (TPSA) is 68.3 Å². The number of hydrogen-bond acceptors (Lipinski definition) is 6. The van der Waals surface area contributed by atoms with Gasteiger partial charge in [0.05, 0.1) is 22.0 Å². The van der Waals surface area contributed by atoms with E-state index < -0.39 is 5.97 Å². The Morgan fingerprint density at radius 2 is 2.00 bits per heavy atom. The molecule has 144 valence electrons. The molecule has 0 saturated carbocycles. The van der Waals surface area contributed by atoms with Gasteiger partial charge in [-0.1, -0.05) is 48.2 Å². The summed E-state index contributed by atoms with van der Waals surface area (Å²) in [7, 11) is 0. The van der Waals surface area contributed by atoms with E-state index in [-0.39, 0.29) is 24.3 Å². The first-order chi connectivity index (χ1) is 13.7. The van der Waals surface area contributed by atoms with Gasteiger partial charge in [-0.05, 0) is 42.5 Å². The van der Waals surface area contributed by atoms with Crippen molar-refractivity contribution in [3.63, 3.8) is 0 Å². The van der Waals surface area contributed by atoms with Gasteiger partial charge in [0.25, 0.3) is 5.91 Å². The summed E-state index contributed by atoms with van der Waals surface area (Å²) in [6.07, 6.45) is 2.99. The highest BCUT2D eigenvalue weighted by atomic mass is 32.2. The Hall–Kier alpha value is -2.38. The molecule has 0 aliphatic heterocycles. The highest BCUT2D eigenvalue weighted by molar-refractivity contribution is 8.01. The lowest BCUT2D eigenvalue weighted by atomic mass is 9.88. The largest absolute Gasteiger partial charge is 0.455 e. The van der Waals surface area contributed by atoms with Crippen LogP contribution in [0, 0.1) is 0 Å². The molecule has 1 N–H and O–H groups in total. The zero-order chi connectivity index (χ0) is 19.3. The highest BCUT2D eigenvalue weighted by Gasteiger charge is 2.21. The number of amides is 1. The van der Waals surface area contributed by atoms with E-state index in [1.54, 1.807) is 11.3 Å². The second-order valence-corrected chi connectivity index (χ2v) is 8.86. The van der Waals surface area contributed by atoms with Crippen molar-refractivity contribution in [2.45, 2.75) is 29.6 Å². The van der Waals surface area contributed by atoms with Crippen molar-refractivity contribution in [1.29, 1.82) is 0 Å². The molecule has 1 aliphatic rings. The lowest BCUT2D eigenvalue weighted by molar-refractivity contribution is -0.146. The summed E-state index contributed by atoms with van der Waals surface area (Å²) in [4.78, 5) is 28.7. The zero-order valence-electron chi connectivity index (χ0n) is 15.2. The van der Waals surface area contributed by atoms with E-state index in [0.717, 1.165) is 33.8 Å².